The molecule has 0 unspecified atom stereocenters. The maximum atomic E-state index is 13.0. The molecule has 0 radical (unpaired) electrons. The average molecular weight is 1420 g/mol. The van der Waals surface area contributed by atoms with E-state index in [1.54, 1.807) is 18.2 Å². The lowest BCUT2D eigenvalue weighted by molar-refractivity contribution is -0.185. The van der Waals surface area contributed by atoms with Gasteiger partial charge in [-0.25, -0.2) is 14.4 Å². The molecule has 3 aromatic carbocycles. The molecule has 102 heavy (non-hydrogen) atoms. The van der Waals surface area contributed by atoms with Crippen LogP contribution in [0.15, 0.2) is 60.1 Å². The number of cyclic esters (lactones) is 2. The Morgan fingerprint density at radius 1 is 0.539 bits per heavy atom. The molecule has 7 heterocycles. The van der Waals surface area contributed by atoms with E-state index < -0.39 is 141 Å². The van der Waals surface area contributed by atoms with Gasteiger partial charge >= 0.3 is 53.7 Å². The summed E-state index contributed by atoms with van der Waals surface area (Å²) in [6.07, 6.45) is 2.33. The summed E-state index contributed by atoms with van der Waals surface area (Å²) >= 11 is 0. The Hall–Kier alpha value is -8.80. The molecule has 28 heteroatoms. The number of carboxylic acids is 2. The van der Waals surface area contributed by atoms with Crippen molar-refractivity contribution in [2.75, 3.05) is 40.8 Å². The van der Waals surface area contributed by atoms with Gasteiger partial charge in [0.05, 0.1) is 33.0 Å². The third-order valence-corrected chi connectivity index (χ3v) is 24.4. The second kappa shape index (κ2) is 25.3. The summed E-state index contributed by atoms with van der Waals surface area (Å²) in [5.74, 6) is -9.10. The van der Waals surface area contributed by atoms with E-state index in [0.29, 0.717) is 45.1 Å². The van der Waals surface area contributed by atoms with Crippen LogP contribution in [0, 0.1) is 31.6 Å². The van der Waals surface area contributed by atoms with Crippen LogP contribution in [0.4, 0.5) is 0 Å². The number of nitrogens with zero attached hydrogens (tertiary/aromatic N) is 3. The molecular formula is C74H85N3O25. The number of phenols is 1. The number of ketones is 1. The van der Waals surface area contributed by atoms with Crippen molar-refractivity contribution in [2.24, 2.45) is 17.8 Å². The molecule has 546 valence electrons. The third kappa shape index (κ3) is 10.4. The summed E-state index contributed by atoms with van der Waals surface area (Å²) in [6, 6.07) is 11.6. The van der Waals surface area contributed by atoms with Crippen LogP contribution in [-0.2, 0) is 112 Å². The predicted molar refractivity (Wildman–Crippen MR) is 350 cm³/mol. The number of aliphatic hydroxyl groups is 3. The van der Waals surface area contributed by atoms with Crippen LogP contribution in [0.5, 0.6) is 23.0 Å². The highest BCUT2D eigenvalue weighted by Crippen LogP contribution is 2.68. The van der Waals surface area contributed by atoms with Crippen LogP contribution < -0.4 is 14.2 Å². The first-order valence-corrected chi connectivity index (χ1v) is 34.5. The number of benzene rings is 3. The number of phenolic OH excluding ortho intramolecular Hbond substituents is 1. The number of carbonyl (C=O) groups is 10. The Bertz CT molecular complexity index is 4030. The number of likely N-dealkylation sites (tertiary alicyclic amines) is 3. The Kier molecular flexibility index (Phi) is 17.7. The van der Waals surface area contributed by atoms with Crippen molar-refractivity contribution in [3.8, 4) is 23.0 Å². The third-order valence-electron chi connectivity index (χ3n) is 24.4. The number of hydrogen-bond donors (Lipinski definition) is 6. The number of Topliss-reactive ketones (excluding diaryl/α,β-unsaturated/α-hetero) is 1. The first-order chi connectivity index (χ1) is 48.0. The van der Waals surface area contributed by atoms with Crippen LogP contribution in [-0.4, -0.2) is 217 Å². The van der Waals surface area contributed by atoms with Crippen molar-refractivity contribution in [1.82, 2.24) is 14.7 Å². The Balaban J connectivity index is 0.000000128. The number of aromatic hydroxyl groups is 1. The summed E-state index contributed by atoms with van der Waals surface area (Å²) in [7, 11) is 6.08. The van der Waals surface area contributed by atoms with Gasteiger partial charge in [0.25, 0.3) is 0 Å². The summed E-state index contributed by atoms with van der Waals surface area (Å²) in [4.78, 5) is 123. The van der Waals surface area contributed by atoms with Crippen molar-refractivity contribution in [3.05, 3.63) is 105 Å². The summed E-state index contributed by atoms with van der Waals surface area (Å²) in [6.45, 7) is 13.8. The van der Waals surface area contributed by atoms with Gasteiger partial charge in [0.1, 0.15) is 40.8 Å². The van der Waals surface area contributed by atoms with E-state index in [4.69, 9.17) is 33.2 Å². The van der Waals surface area contributed by atoms with Crippen LogP contribution in [0.25, 0.3) is 0 Å². The lowest BCUT2D eigenvalue weighted by Gasteiger charge is -2.62. The molecule has 6 aliphatic carbocycles. The summed E-state index contributed by atoms with van der Waals surface area (Å²) in [5, 5.41) is 65.3. The van der Waals surface area contributed by atoms with E-state index in [-0.39, 0.29) is 59.8 Å². The zero-order valence-electron chi connectivity index (χ0n) is 58.5. The van der Waals surface area contributed by atoms with E-state index >= 15 is 0 Å². The first-order valence-electron chi connectivity index (χ1n) is 34.5. The number of carboxylic acid groups (broad SMARTS) is 2. The molecule has 0 amide bonds. The second-order valence-electron chi connectivity index (χ2n) is 29.8. The zero-order valence-corrected chi connectivity index (χ0v) is 58.5. The van der Waals surface area contributed by atoms with Gasteiger partial charge < -0.3 is 88.0 Å². The molecule has 13 aliphatic rings. The average Bonchev–Trinajstić information content (AvgIpc) is 1.45. The van der Waals surface area contributed by atoms with Gasteiger partial charge in [-0.2, -0.15) is 0 Å². The zero-order chi connectivity index (χ0) is 73.7. The summed E-state index contributed by atoms with van der Waals surface area (Å²) in [5.41, 5.74) is 2.93. The molecule has 16 rings (SSSR count). The second-order valence-corrected chi connectivity index (χ2v) is 29.8. The molecule has 28 nitrogen and oxygen atoms in total. The highest BCUT2D eigenvalue weighted by Gasteiger charge is 2.75. The molecule has 0 aromatic heterocycles. The molecule has 7 aliphatic heterocycles. The summed E-state index contributed by atoms with van der Waals surface area (Å²) < 4.78 is 48.7. The first kappa shape index (κ1) is 71.6. The lowest BCUT2D eigenvalue weighted by Crippen LogP contribution is -2.76. The minimum absolute atomic E-state index is 0.0536. The molecule has 18 atom stereocenters. The molecule has 3 aromatic rings. The number of hydrogen-bond acceptors (Lipinski definition) is 26. The smallest absolute Gasteiger partial charge is 0.356 e. The number of ether oxygens (including phenoxy) is 9. The predicted octanol–water partition coefficient (Wildman–Crippen LogP) is 3.32. The van der Waals surface area contributed by atoms with Crippen molar-refractivity contribution in [1.29, 1.82) is 0 Å². The van der Waals surface area contributed by atoms with Gasteiger partial charge in [-0.3, -0.25) is 33.6 Å². The fourth-order valence-electron chi connectivity index (χ4n) is 19.4. The van der Waals surface area contributed by atoms with E-state index in [1.807, 2.05) is 40.1 Å². The fraction of sp³-hybridized carbons (Fsp3) is 0.568. The van der Waals surface area contributed by atoms with Gasteiger partial charge in [0.2, 0.25) is 18.3 Å². The van der Waals surface area contributed by atoms with E-state index in [0.717, 1.165) is 90.2 Å². The maximum absolute atomic E-state index is 13.0. The van der Waals surface area contributed by atoms with Crippen LogP contribution >= 0.6 is 0 Å². The van der Waals surface area contributed by atoms with Crippen molar-refractivity contribution >= 4 is 59.5 Å². The van der Waals surface area contributed by atoms with Crippen molar-refractivity contribution in [2.45, 2.75) is 207 Å². The van der Waals surface area contributed by atoms with Gasteiger partial charge in [0.15, 0.2) is 35.6 Å². The number of esters is 7. The number of aryl methyl sites for hydroxylation is 2. The lowest BCUT2D eigenvalue weighted by atomic mass is 9.49. The molecule has 6 bridgehead atoms. The van der Waals surface area contributed by atoms with Crippen LogP contribution in [0.1, 0.15) is 131 Å². The quantitative estimate of drug-likeness (QED) is 0.0911. The number of rotatable bonds is 11. The molecule has 5 fully saturated rings. The van der Waals surface area contributed by atoms with Crippen LogP contribution in [0.3, 0.4) is 0 Å². The Morgan fingerprint density at radius 2 is 0.931 bits per heavy atom. The molecule has 6 N–H and O–H groups in total. The molecule has 4 saturated heterocycles. The van der Waals surface area contributed by atoms with E-state index in [9.17, 15) is 78.6 Å². The topological polar surface area (TPSA) is 385 Å². The number of piperidine rings is 3. The maximum Gasteiger partial charge on any atom is 0.356 e. The highest BCUT2D eigenvalue weighted by atomic mass is 16.6. The van der Waals surface area contributed by atoms with E-state index in [2.05, 4.69) is 49.4 Å². The number of likely N-dealkylation sites (N-methyl/N-ethyl adjacent to an activating group) is 3. The fourth-order valence-corrected chi connectivity index (χ4v) is 19.4. The normalized spacial score (nSPS) is 34.1. The minimum atomic E-state index is -1.70. The minimum Gasteiger partial charge on any atom is -0.504 e. The number of carbonyl (C=O) groups excluding carboxylic acids is 8. The van der Waals surface area contributed by atoms with E-state index in [1.165, 1.54) is 33.3 Å². The molecule has 1 saturated carbocycles. The highest BCUT2D eigenvalue weighted by molar-refractivity contribution is 5.99. The Labute approximate surface area is 586 Å². The Morgan fingerprint density at radius 3 is 1.33 bits per heavy atom. The molecule has 3 spiro atoms. The SMILES string of the molecule is CC(=O)O[C@@H](C(=O)O)[C@@H](C)C(=O)OC1=CC[C@@]2(O)[C@H]3Cc4ccc(C)c5c4[C@@]2(CCN3C)[C@H]1O5.CC(=O)O[C@@H](C(=O)O)[C@@H](C)C(=O)OC1=CC[C@@]2(O)[C@H]3Cc4ccc(O)c5c4[C@@]2(CCN3C)[C@H]1O5.CC(=O)O[C@H]1C(=O)OC(=O)[C@@H]1C.Cc1ccc2c3c1O[C@H]1C(=O)CC[C@@]4(O)[C@@H](C2)N(C)CC[C@]314. The van der Waals surface area contributed by atoms with Crippen molar-refractivity contribution < 1.29 is 121 Å². The van der Waals surface area contributed by atoms with Gasteiger partial charge in [-0.05, 0) is 166 Å². The monoisotopic (exact) mass is 1420 g/mol. The number of aliphatic carboxylic acids is 2. The van der Waals surface area contributed by atoms with Crippen molar-refractivity contribution in [3.63, 3.8) is 0 Å². The largest absolute Gasteiger partial charge is 0.504 e. The van der Waals surface area contributed by atoms with Gasteiger partial charge in [-0.1, -0.05) is 30.3 Å². The van der Waals surface area contributed by atoms with Gasteiger partial charge in [-0.15, -0.1) is 0 Å². The molecular weight excluding hydrogens is 1330 g/mol. The van der Waals surface area contributed by atoms with Crippen LogP contribution in [0.2, 0.25) is 0 Å². The standard InChI is InChI=1S/C25H29NO8.C24H27NO9.C18H21NO3.C7H8O5/c1-12-5-6-15-11-17-25(31)8-7-16(33-23(30)13(2)20(22(28)29)32-14(3)27)21-24(25,9-10-26(17)4)18(15)19(12)34-21;1-11(18(21(28)29)32-12(2)26)22(30)33-15-6-7-24(31)16-10-13-4-5-14(27)19-17(13)23(24,20(15)34-19)8-9-25(16)3;1-10-3-4-11-9-13-18(21)6-5-12(20)16-17(18,7-8-19(13)2)14(11)15(10)22-16;1-3-5(11-4(2)8)7(10)12-6(3)9/h5-7,13,17,20-21,31H,8-11H2,1-4H3,(H,28,29);4-6,11,16,18,20,27,31H,7-10H2,1-3H3,(H,28,29);3-4,13,16,21H,5-9H2,1-2H3;3,5H,1-2H3/t13-,17-,20-,21+,24+,25-;11-,16-,18-,20+,23+,24-;13-,16+,17+,18-;3-,5-/m1111/s1. The van der Waals surface area contributed by atoms with Gasteiger partial charge in [0, 0.05) is 74.8 Å².